The zero-order chi connectivity index (χ0) is 16.8. The highest BCUT2D eigenvalue weighted by atomic mass is 32.2. The molecule has 22 heavy (non-hydrogen) atoms. The van der Waals surface area contributed by atoms with Crippen LogP contribution in [0.3, 0.4) is 0 Å². The summed E-state index contributed by atoms with van der Waals surface area (Å²) in [6.07, 6.45) is 13.3. The Morgan fingerprint density at radius 2 is 1.18 bits per heavy atom. The predicted molar refractivity (Wildman–Crippen MR) is 92.7 cm³/mol. The van der Waals surface area contributed by atoms with Gasteiger partial charge in [-0.05, 0) is 12.8 Å². The molecule has 2 N–H and O–H groups in total. The molecule has 5 heteroatoms. The molecular weight excluding hydrogens is 300 g/mol. The van der Waals surface area contributed by atoms with Crippen LogP contribution in [0.2, 0.25) is 0 Å². The molecule has 0 bridgehead atoms. The zero-order valence-corrected chi connectivity index (χ0v) is 15.3. The van der Waals surface area contributed by atoms with Crippen LogP contribution in [0.15, 0.2) is 0 Å². The Hall–Kier alpha value is -0.130. The highest BCUT2D eigenvalue weighted by molar-refractivity contribution is 7.86. The Morgan fingerprint density at radius 3 is 1.55 bits per heavy atom. The van der Waals surface area contributed by atoms with E-state index in [1.807, 2.05) is 0 Å². The smallest absolute Gasteiger partial charge is 0.270 e. The first-order valence-electron chi connectivity index (χ1n) is 9.07. The lowest BCUT2D eigenvalue weighted by Gasteiger charge is -2.18. The van der Waals surface area contributed by atoms with Crippen molar-refractivity contribution in [3.05, 3.63) is 0 Å². The Kier molecular flexibility index (Phi) is 13.2. The Morgan fingerprint density at radius 1 is 0.773 bits per heavy atom. The van der Waals surface area contributed by atoms with Crippen LogP contribution in [0.5, 0.6) is 0 Å². The number of aliphatic hydroxyl groups excluding tert-OH is 1. The summed E-state index contributed by atoms with van der Waals surface area (Å²) in [6, 6.07) is 0. The molecule has 0 saturated carbocycles. The first kappa shape index (κ1) is 21.9. The van der Waals surface area contributed by atoms with Gasteiger partial charge in [-0.25, -0.2) is 0 Å². The number of aliphatic hydroxyl groups is 1. The van der Waals surface area contributed by atoms with Gasteiger partial charge in [-0.1, -0.05) is 84.5 Å². The normalized spacial score (nSPS) is 14.9. The minimum absolute atomic E-state index is 0.248. The summed E-state index contributed by atoms with van der Waals surface area (Å²) in [5, 5.41) is 8.82. The molecule has 0 radical (unpaired) electrons. The monoisotopic (exact) mass is 336 g/mol. The van der Waals surface area contributed by atoms with E-state index in [0.29, 0.717) is 6.42 Å². The van der Waals surface area contributed by atoms with Crippen LogP contribution >= 0.6 is 0 Å². The lowest BCUT2D eigenvalue weighted by Crippen LogP contribution is -2.33. The average molecular weight is 337 g/mol. The van der Waals surface area contributed by atoms with Crippen LogP contribution in [-0.4, -0.2) is 29.4 Å². The lowest BCUT2D eigenvalue weighted by atomic mass is 10.0. The summed E-state index contributed by atoms with van der Waals surface area (Å²) in [5.41, 5.74) is 0. The van der Waals surface area contributed by atoms with E-state index >= 15 is 0 Å². The van der Waals surface area contributed by atoms with E-state index in [2.05, 4.69) is 6.92 Å². The van der Waals surface area contributed by atoms with Crippen molar-refractivity contribution < 1.29 is 18.1 Å². The molecule has 0 amide bonds. The molecule has 2 atom stereocenters. The highest BCUT2D eigenvalue weighted by Gasteiger charge is 2.28. The van der Waals surface area contributed by atoms with Gasteiger partial charge in [-0.2, -0.15) is 8.42 Å². The van der Waals surface area contributed by atoms with Gasteiger partial charge in [0.1, 0.15) is 5.25 Å². The maximum absolute atomic E-state index is 11.1. The molecule has 0 heterocycles. The number of hydrogen-bond acceptors (Lipinski definition) is 3. The van der Waals surface area contributed by atoms with E-state index < -0.39 is 21.5 Å². The summed E-state index contributed by atoms with van der Waals surface area (Å²) in [6.45, 7) is 3.90. The Labute approximate surface area is 137 Å². The van der Waals surface area contributed by atoms with Crippen molar-refractivity contribution in [1.29, 1.82) is 0 Å². The molecule has 0 aromatic carbocycles. The summed E-state index contributed by atoms with van der Waals surface area (Å²) >= 11 is 0. The number of unbranched alkanes of at least 4 members (excludes halogenated alkanes) is 10. The summed E-state index contributed by atoms with van der Waals surface area (Å²) in [5.74, 6) is 0. The van der Waals surface area contributed by atoms with E-state index in [4.69, 9.17) is 4.55 Å². The van der Waals surface area contributed by atoms with E-state index in [-0.39, 0.29) is 6.42 Å². The van der Waals surface area contributed by atoms with Gasteiger partial charge in [-0.15, -0.1) is 0 Å². The largest absolute Gasteiger partial charge is 0.392 e. The molecule has 0 saturated heterocycles. The van der Waals surface area contributed by atoms with Crippen molar-refractivity contribution in [1.82, 2.24) is 0 Å². The second kappa shape index (κ2) is 13.3. The van der Waals surface area contributed by atoms with Crippen molar-refractivity contribution in [2.45, 2.75) is 109 Å². The molecule has 0 aliphatic heterocycles. The highest BCUT2D eigenvalue weighted by Crippen LogP contribution is 2.17. The second-order valence-corrected chi connectivity index (χ2v) is 7.99. The second-order valence-electron chi connectivity index (χ2n) is 6.35. The molecule has 134 valence electrons. The van der Waals surface area contributed by atoms with Crippen LogP contribution in [0.4, 0.5) is 0 Å². The van der Waals surface area contributed by atoms with Crippen molar-refractivity contribution in [3.63, 3.8) is 0 Å². The topological polar surface area (TPSA) is 74.6 Å². The fourth-order valence-corrected chi connectivity index (χ4v) is 3.84. The summed E-state index contributed by atoms with van der Waals surface area (Å²) in [4.78, 5) is 0. The molecular formula is C17H36O4S. The maximum atomic E-state index is 11.1. The van der Waals surface area contributed by atoms with Gasteiger partial charge in [0.2, 0.25) is 0 Å². The number of hydrogen-bond donors (Lipinski definition) is 2. The van der Waals surface area contributed by atoms with Crippen LogP contribution in [0, 0.1) is 0 Å². The number of rotatable bonds is 15. The van der Waals surface area contributed by atoms with Crippen molar-refractivity contribution in [2.75, 3.05) is 0 Å². The summed E-state index contributed by atoms with van der Waals surface area (Å²) < 4.78 is 31.2. The van der Waals surface area contributed by atoms with E-state index in [1.54, 1.807) is 6.92 Å². The minimum atomic E-state index is -4.13. The third-order valence-electron chi connectivity index (χ3n) is 4.32. The van der Waals surface area contributed by atoms with Crippen molar-refractivity contribution >= 4 is 10.1 Å². The maximum Gasteiger partial charge on any atom is 0.270 e. The van der Waals surface area contributed by atoms with E-state index in [1.165, 1.54) is 51.4 Å². The van der Waals surface area contributed by atoms with Gasteiger partial charge in [-0.3, -0.25) is 4.55 Å². The zero-order valence-electron chi connectivity index (χ0n) is 14.5. The third-order valence-corrected chi connectivity index (χ3v) is 5.73. The van der Waals surface area contributed by atoms with Gasteiger partial charge < -0.3 is 5.11 Å². The molecule has 0 rings (SSSR count). The lowest BCUT2D eigenvalue weighted by molar-refractivity contribution is 0.149. The molecule has 0 aromatic heterocycles. The molecule has 0 aliphatic rings. The van der Waals surface area contributed by atoms with Crippen LogP contribution in [0.1, 0.15) is 97.3 Å². The van der Waals surface area contributed by atoms with E-state index in [9.17, 15) is 13.5 Å². The van der Waals surface area contributed by atoms with Crippen LogP contribution in [0.25, 0.3) is 0 Å². The molecule has 0 spiro atoms. The van der Waals surface area contributed by atoms with Gasteiger partial charge in [0, 0.05) is 0 Å². The third kappa shape index (κ3) is 11.4. The molecule has 0 aromatic rings. The van der Waals surface area contributed by atoms with E-state index in [0.717, 1.165) is 19.3 Å². The fraction of sp³-hybridized carbons (Fsp3) is 1.00. The molecule has 4 nitrogen and oxygen atoms in total. The molecule has 0 fully saturated rings. The first-order chi connectivity index (χ1) is 10.4. The van der Waals surface area contributed by atoms with Gasteiger partial charge >= 0.3 is 0 Å². The van der Waals surface area contributed by atoms with Gasteiger partial charge in [0.15, 0.2) is 0 Å². The van der Waals surface area contributed by atoms with Crippen molar-refractivity contribution in [3.8, 4) is 0 Å². The van der Waals surface area contributed by atoms with Crippen LogP contribution < -0.4 is 0 Å². The standard InChI is InChI=1S/C17H36O4S/c1-3-5-6-7-8-9-10-11-12-13-14-15-16(18)17(4-2)22(19,20)21/h16-18H,3-15H2,1-2H3,(H,19,20,21). The quantitative estimate of drug-likeness (QED) is 0.335. The van der Waals surface area contributed by atoms with Gasteiger partial charge in [0.05, 0.1) is 6.10 Å². The minimum Gasteiger partial charge on any atom is -0.392 e. The van der Waals surface area contributed by atoms with Crippen LogP contribution in [-0.2, 0) is 10.1 Å². The predicted octanol–water partition coefficient (Wildman–Crippen LogP) is 4.71. The Balaban J connectivity index is 3.49. The SMILES string of the molecule is CCCCCCCCCCCCCC(O)C(CC)S(=O)(=O)O. The molecule has 0 aliphatic carbocycles. The molecule has 2 unspecified atom stereocenters. The fourth-order valence-electron chi connectivity index (χ4n) is 2.88. The van der Waals surface area contributed by atoms with Gasteiger partial charge in [0.25, 0.3) is 10.1 Å². The first-order valence-corrected chi connectivity index (χ1v) is 10.6. The Bertz CT molecular complexity index is 341. The summed E-state index contributed by atoms with van der Waals surface area (Å²) in [7, 11) is -4.13. The van der Waals surface area contributed by atoms with Crippen molar-refractivity contribution in [2.24, 2.45) is 0 Å². The average Bonchev–Trinajstić information content (AvgIpc) is 2.44.